The van der Waals surface area contributed by atoms with E-state index in [0.29, 0.717) is 18.2 Å². The van der Waals surface area contributed by atoms with Crippen molar-refractivity contribution in [2.24, 2.45) is 5.92 Å². The van der Waals surface area contributed by atoms with Crippen molar-refractivity contribution in [1.82, 2.24) is 0 Å². The number of hydrogen-bond acceptors (Lipinski definition) is 0. The molecule has 2 aromatic rings. The fourth-order valence-corrected chi connectivity index (χ4v) is 3.63. The van der Waals surface area contributed by atoms with Crippen molar-refractivity contribution in [3.05, 3.63) is 72.1 Å². The maximum absolute atomic E-state index is 12.3. The minimum absolute atomic E-state index is 0.438. The molecule has 0 bridgehead atoms. The minimum atomic E-state index is 0.438. The lowest BCUT2D eigenvalue weighted by Crippen LogP contribution is -2.11. The first kappa shape index (κ1) is 16.0. The molecule has 3 rings (SSSR count). The number of hydrogen-bond donors (Lipinski definition) is 0. The molecule has 2 aromatic carbocycles. The second kappa shape index (κ2) is 7.59. The molecule has 1 saturated carbocycles. The van der Waals surface area contributed by atoms with E-state index in [1.54, 1.807) is 6.08 Å². The van der Waals surface area contributed by atoms with Crippen molar-refractivity contribution >= 4 is 0 Å². The molecule has 120 valence electrons. The van der Waals surface area contributed by atoms with Gasteiger partial charge in [-0.3, -0.25) is 0 Å². The number of allylic oxidation sites excluding steroid dienone is 1. The first-order valence-electron chi connectivity index (χ1n) is 8.76. The van der Waals surface area contributed by atoms with Crippen LogP contribution in [0.4, 0.5) is 4.39 Å². The lowest BCUT2D eigenvalue weighted by molar-refractivity contribution is 0.373. The van der Waals surface area contributed by atoms with Gasteiger partial charge in [-0.15, -0.1) is 0 Å². The molecule has 0 aromatic heterocycles. The van der Waals surface area contributed by atoms with Gasteiger partial charge in [0.1, 0.15) is 0 Å². The van der Waals surface area contributed by atoms with Crippen molar-refractivity contribution in [1.29, 1.82) is 0 Å². The van der Waals surface area contributed by atoms with Crippen LogP contribution in [0.15, 0.2) is 60.9 Å². The summed E-state index contributed by atoms with van der Waals surface area (Å²) in [6.07, 6.45) is 8.05. The molecule has 0 radical (unpaired) electrons. The van der Waals surface area contributed by atoms with E-state index in [4.69, 9.17) is 0 Å². The quantitative estimate of drug-likeness (QED) is 0.591. The maximum atomic E-state index is 12.3. The van der Waals surface area contributed by atoms with Gasteiger partial charge >= 0.3 is 0 Å². The van der Waals surface area contributed by atoms with Gasteiger partial charge in [-0.2, -0.15) is 0 Å². The molecule has 1 aliphatic carbocycles. The molecule has 0 unspecified atom stereocenters. The smallest absolute Gasteiger partial charge is 0.0829 e. The minimum Gasteiger partial charge on any atom is -0.216 e. The van der Waals surface area contributed by atoms with Gasteiger partial charge in [0.15, 0.2) is 0 Å². The summed E-state index contributed by atoms with van der Waals surface area (Å²) >= 11 is 0. The van der Waals surface area contributed by atoms with E-state index in [1.165, 1.54) is 35.1 Å². The van der Waals surface area contributed by atoms with E-state index in [0.717, 1.165) is 19.3 Å². The highest BCUT2D eigenvalue weighted by molar-refractivity contribution is 5.64. The molecule has 0 heterocycles. The molecule has 0 aliphatic heterocycles. The zero-order valence-corrected chi connectivity index (χ0v) is 13.8. The van der Waals surface area contributed by atoms with Crippen molar-refractivity contribution in [2.45, 2.75) is 44.9 Å². The van der Waals surface area contributed by atoms with E-state index in [-0.39, 0.29) is 0 Å². The Balaban J connectivity index is 1.67. The van der Waals surface area contributed by atoms with E-state index in [1.807, 2.05) is 0 Å². The topological polar surface area (TPSA) is 0 Å². The molecule has 23 heavy (non-hydrogen) atoms. The molecule has 1 heteroatoms. The molecule has 0 spiro atoms. The number of halogens is 1. The summed E-state index contributed by atoms with van der Waals surface area (Å²) in [6.45, 7) is 2.18. The Hall–Kier alpha value is -1.89. The normalized spacial score (nSPS) is 21.7. The second-order valence-electron chi connectivity index (χ2n) is 6.60. The van der Waals surface area contributed by atoms with Crippen LogP contribution in [-0.2, 0) is 6.42 Å². The number of rotatable bonds is 4. The predicted octanol–water partition coefficient (Wildman–Crippen LogP) is 6.67. The van der Waals surface area contributed by atoms with Crippen LogP contribution in [0.3, 0.4) is 0 Å². The van der Waals surface area contributed by atoms with Gasteiger partial charge in [-0.05, 0) is 66.2 Å². The average Bonchev–Trinajstić information content (AvgIpc) is 2.63. The van der Waals surface area contributed by atoms with Crippen LogP contribution < -0.4 is 0 Å². The van der Waals surface area contributed by atoms with Crippen LogP contribution in [0, 0.1) is 5.92 Å². The Bertz CT molecular complexity index is 629. The maximum Gasteiger partial charge on any atom is 0.0829 e. The van der Waals surface area contributed by atoms with E-state index < -0.39 is 0 Å². The van der Waals surface area contributed by atoms with Crippen LogP contribution in [-0.4, -0.2) is 0 Å². The van der Waals surface area contributed by atoms with Crippen molar-refractivity contribution in [2.75, 3.05) is 0 Å². The van der Waals surface area contributed by atoms with Gasteiger partial charge in [0.05, 0.1) is 6.33 Å². The van der Waals surface area contributed by atoms with Crippen LogP contribution in [0.1, 0.15) is 49.7 Å². The third kappa shape index (κ3) is 3.90. The van der Waals surface area contributed by atoms with E-state index in [9.17, 15) is 4.39 Å². The predicted molar refractivity (Wildman–Crippen MR) is 96.2 cm³/mol. The Labute approximate surface area is 139 Å². The first-order valence-corrected chi connectivity index (χ1v) is 8.76. The molecule has 0 saturated heterocycles. The van der Waals surface area contributed by atoms with Gasteiger partial charge in [-0.1, -0.05) is 61.5 Å². The summed E-state index contributed by atoms with van der Waals surface area (Å²) in [6, 6.07) is 17.9. The Morgan fingerprint density at radius 3 is 1.96 bits per heavy atom. The van der Waals surface area contributed by atoms with Crippen molar-refractivity contribution in [3.8, 4) is 11.1 Å². The summed E-state index contributed by atoms with van der Waals surface area (Å²) in [5.74, 6) is 1.07. The van der Waals surface area contributed by atoms with Gasteiger partial charge in [0, 0.05) is 0 Å². The standard InChI is InChI=1S/C22H25F/c1-2-17-3-7-19(8-4-17)21-11-13-22(14-12-21)20-9-5-18(6-10-20)15-16-23/h3-4,7-8,11-16,18,20H,2,5-6,9-10H2,1H3. The van der Waals surface area contributed by atoms with Crippen molar-refractivity contribution in [3.63, 3.8) is 0 Å². The van der Waals surface area contributed by atoms with Crippen LogP contribution in [0.5, 0.6) is 0 Å². The largest absolute Gasteiger partial charge is 0.216 e. The van der Waals surface area contributed by atoms with Gasteiger partial charge in [0.2, 0.25) is 0 Å². The molecule has 0 atom stereocenters. The number of aryl methyl sites for hydroxylation is 1. The monoisotopic (exact) mass is 308 g/mol. The summed E-state index contributed by atoms with van der Waals surface area (Å²) in [5, 5.41) is 0. The lowest BCUT2D eigenvalue weighted by Gasteiger charge is -2.27. The van der Waals surface area contributed by atoms with Gasteiger partial charge in [-0.25, -0.2) is 4.39 Å². The highest BCUT2D eigenvalue weighted by Gasteiger charge is 2.20. The van der Waals surface area contributed by atoms with Crippen LogP contribution >= 0.6 is 0 Å². The fourth-order valence-electron chi connectivity index (χ4n) is 3.63. The molecule has 1 fully saturated rings. The third-order valence-electron chi connectivity index (χ3n) is 5.19. The molecule has 0 nitrogen and oxygen atoms in total. The zero-order chi connectivity index (χ0) is 16.1. The summed E-state index contributed by atoms with van der Waals surface area (Å²) in [7, 11) is 0. The highest BCUT2D eigenvalue weighted by Crippen LogP contribution is 2.36. The van der Waals surface area contributed by atoms with Crippen LogP contribution in [0.25, 0.3) is 11.1 Å². The molecule has 1 aliphatic rings. The van der Waals surface area contributed by atoms with Gasteiger partial charge < -0.3 is 0 Å². The fraction of sp³-hybridized carbons (Fsp3) is 0.364. The molecular weight excluding hydrogens is 283 g/mol. The molecule has 0 amide bonds. The summed E-state index contributed by atoms with van der Waals surface area (Å²) in [4.78, 5) is 0. The SMILES string of the molecule is CCc1ccc(-c2ccc(C3CCC(C=CF)CC3)cc2)cc1. The average molecular weight is 308 g/mol. The Morgan fingerprint density at radius 2 is 1.43 bits per heavy atom. The first-order chi connectivity index (χ1) is 11.3. The molecular formula is C22H25F. The van der Waals surface area contributed by atoms with Gasteiger partial charge in [0.25, 0.3) is 0 Å². The second-order valence-corrected chi connectivity index (χ2v) is 6.60. The molecule has 0 N–H and O–H groups in total. The van der Waals surface area contributed by atoms with Crippen LogP contribution in [0.2, 0.25) is 0 Å². The Kier molecular flexibility index (Phi) is 5.27. The summed E-state index contributed by atoms with van der Waals surface area (Å²) in [5.41, 5.74) is 5.38. The lowest BCUT2D eigenvalue weighted by atomic mass is 9.78. The van der Waals surface area contributed by atoms with E-state index in [2.05, 4.69) is 55.5 Å². The van der Waals surface area contributed by atoms with Crippen molar-refractivity contribution < 1.29 is 4.39 Å². The summed E-state index contributed by atoms with van der Waals surface area (Å²) < 4.78 is 12.3. The van der Waals surface area contributed by atoms with E-state index >= 15 is 0 Å². The Morgan fingerprint density at radius 1 is 0.870 bits per heavy atom. The number of benzene rings is 2. The zero-order valence-electron chi connectivity index (χ0n) is 13.8. The highest BCUT2D eigenvalue weighted by atomic mass is 19.1. The third-order valence-corrected chi connectivity index (χ3v) is 5.19.